The van der Waals surface area contributed by atoms with Crippen molar-refractivity contribution >= 4 is 28.8 Å². The topological polar surface area (TPSA) is 119 Å². The van der Waals surface area contributed by atoms with Gasteiger partial charge in [-0.1, -0.05) is 11.6 Å². The molecule has 14 heavy (non-hydrogen) atoms. The first-order chi connectivity index (χ1) is 6.45. The fraction of sp³-hybridized carbons (Fsp3) is 0. The van der Waals surface area contributed by atoms with Crippen LogP contribution >= 0.6 is 11.6 Å². The Balaban J connectivity index is 3.49. The molecule has 0 aromatic heterocycles. The highest BCUT2D eigenvalue weighted by Gasteiger charge is 2.18. The van der Waals surface area contributed by atoms with Gasteiger partial charge < -0.3 is 11.5 Å². The molecule has 5 N–H and O–H groups in total. The number of hydrogen-bond donors (Lipinski definition) is 3. The van der Waals surface area contributed by atoms with E-state index in [1.807, 2.05) is 0 Å². The molecular weight excluding hydrogens is 208 g/mol. The molecule has 0 bridgehead atoms. The molecule has 74 valence electrons. The van der Waals surface area contributed by atoms with Crippen molar-refractivity contribution in [2.24, 2.45) is 5.73 Å². The lowest BCUT2D eigenvalue weighted by molar-refractivity contribution is -0.383. The Morgan fingerprint density at radius 1 is 1.57 bits per heavy atom. The minimum absolute atomic E-state index is 0.000802. The second-order valence-electron chi connectivity index (χ2n) is 2.53. The maximum atomic E-state index is 10.5. The first kappa shape index (κ1) is 10.3. The molecule has 1 aromatic rings. The number of nitrogens with one attached hydrogen (secondary N) is 1. The standard InChI is InChI=1S/C7H7ClN4O2/c8-3-1-2-4(12(13)14)6(9)5(3)7(10)11/h1-2H,9H2,(H3,10,11). The molecule has 1 rings (SSSR count). The molecule has 0 unspecified atom stereocenters. The molecule has 6 nitrogen and oxygen atoms in total. The predicted molar refractivity (Wildman–Crippen MR) is 53.5 cm³/mol. The average Bonchev–Trinajstić information content (AvgIpc) is 2.02. The second-order valence-corrected chi connectivity index (χ2v) is 2.93. The summed E-state index contributed by atoms with van der Waals surface area (Å²) in [7, 11) is 0. The van der Waals surface area contributed by atoms with Gasteiger partial charge in [-0.15, -0.1) is 0 Å². The van der Waals surface area contributed by atoms with Gasteiger partial charge in [-0.2, -0.15) is 0 Å². The number of nitro benzene ring substituents is 1. The Bertz CT molecular complexity index is 418. The average molecular weight is 215 g/mol. The van der Waals surface area contributed by atoms with Crippen LogP contribution < -0.4 is 11.5 Å². The van der Waals surface area contributed by atoms with E-state index in [1.165, 1.54) is 12.1 Å². The molecule has 0 spiro atoms. The van der Waals surface area contributed by atoms with Gasteiger partial charge in [0.1, 0.15) is 11.5 Å². The van der Waals surface area contributed by atoms with E-state index < -0.39 is 10.8 Å². The Hall–Kier alpha value is -1.82. The molecule has 0 aliphatic heterocycles. The number of hydrogen-bond acceptors (Lipinski definition) is 4. The highest BCUT2D eigenvalue weighted by Crippen LogP contribution is 2.30. The van der Waals surface area contributed by atoms with Crippen molar-refractivity contribution < 1.29 is 4.92 Å². The summed E-state index contributed by atoms with van der Waals surface area (Å²) in [4.78, 5) is 9.82. The van der Waals surface area contributed by atoms with Gasteiger partial charge >= 0.3 is 0 Å². The smallest absolute Gasteiger partial charge is 0.292 e. The molecular formula is C7H7ClN4O2. The molecule has 0 saturated carbocycles. The summed E-state index contributed by atoms with van der Waals surface area (Å²) in [6, 6.07) is 2.46. The van der Waals surface area contributed by atoms with Crippen molar-refractivity contribution in [3.63, 3.8) is 0 Å². The maximum Gasteiger partial charge on any atom is 0.292 e. The Labute approximate surface area is 84.1 Å². The van der Waals surface area contributed by atoms with Crippen LogP contribution in [0, 0.1) is 15.5 Å². The summed E-state index contributed by atoms with van der Waals surface area (Å²) in [5, 5.41) is 17.8. The molecule has 0 aliphatic rings. The third-order valence-corrected chi connectivity index (χ3v) is 1.95. The van der Waals surface area contributed by atoms with Crippen molar-refractivity contribution in [3.8, 4) is 0 Å². The fourth-order valence-electron chi connectivity index (χ4n) is 1.01. The largest absolute Gasteiger partial charge is 0.393 e. The first-order valence-corrected chi connectivity index (χ1v) is 3.89. The fourth-order valence-corrected chi connectivity index (χ4v) is 1.28. The second kappa shape index (κ2) is 3.51. The monoisotopic (exact) mass is 214 g/mol. The summed E-state index contributed by atoms with van der Waals surface area (Å²) in [6.07, 6.45) is 0. The van der Waals surface area contributed by atoms with Crippen LogP contribution in [0.2, 0.25) is 5.02 Å². The van der Waals surface area contributed by atoms with E-state index in [0.717, 1.165) is 0 Å². The lowest BCUT2D eigenvalue weighted by Crippen LogP contribution is -2.15. The van der Waals surface area contributed by atoms with Crippen LogP contribution in [-0.2, 0) is 0 Å². The van der Waals surface area contributed by atoms with E-state index in [1.54, 1.807) is 0 Å². The summed E-state index contributed by atoms with van der Waals surface area (Å²) in [5.74, 6) is -0.392. The van der Waals surface area contributed by atoms with E-state index >= 15 is 0 Å². The highest BCUT2D eigenvalue weighted by molar-refractivity contribution is 6.35. The molecule has 0 heterocycles. The van der Waals surface area contributed by atoms with Gasteiger partial charge in [0.25, 0.3) is 5.69 Å². The number of amidine groups is 1. The maximum absolute atomic E-state index is 10.5. The summed E-state index contributed by atoms with van der Waals surface area (Å²) in [6.45, 7) is 0. The number of nitrogens with two attached hydrogens (primary N) is 2. The third-order valence-electron chi connectivity index (χ3n) is 1.64. The van der Waals surface area contributed by atoms with Crippen LogP contribution in [0.25, 0.3) is 0 Å². The van der Waals surface area contributed by atoms with Crippen molar-refractivity contribution in [2.75, 3.05) is 5.73 Å². The van der Waals surface area contributed by atoms with Crippen LogP contribution in [0.15, 0.2) is 12.1 Å². The molecule has 0 saturated heterocycles. The Morgan fingerprint density at radius 2 is 2.14 bits per heavy atom. The van der Waals surface area contributed by atoms with Gasteiger partial charge in [0, 0.05) is 6.07 Å². The molecule has 0 amide bonds. The van der Waals surface area contributed by atoms with E-state index in [0.29, 0.717) is 0 Å². The van der Waals surface area contributed by atoms with Crippen LogP contribution in [0.4, 0.5) is 11.4 Å². The lowest BCUT2D eigenvalue weighted by atomic mass is 10.1. The lowest BCUT2D eigenvalue weighted by Gasteiger charge is -2.05. The van der Waals surface area contributed by atoms with Crippen LogP contribution in [-0.4, -0.2) is 10.8 Å². The summed E-state index contributed by atoms with van der Waals surface area (Å²) < 4.78 is 0. The van der Waals surface area contributed by atoms with Gasteiger partial charge in [-0.05, 0) is 6.07 Å². The van der Waals surface area contributed by atoms with E-state index in [2.05, 4.69) is 0 Å². The van der Waals surface area contributed by atoms with Gasteiger partial charge in [0.05, 0.1) is 15.5 Å². The Morgan fingerprint density at radius 3 is 2.57 bits per heavy atom. The van der Waals surface area contributed by atoms with Gasteiger partial charge in [0.15, 0.2) is 0 Å². The minimum atomic E-state index is -0.655. The molecule has 0 radical (unpaired) electrons. The molecule has 0 fully saturated rings. The summed E-state index contributed by atoms with van der Waals surface area (Å²) >= 11 is 5.68. The number of anilines is 1. The van der Waals surface area contributed by atoms with E-state index in [9.17, 15) is 10.1 Å². The van der Waals surface area contributed by atoms with E-state index in [4.69, 9.17) is 28.5 Å². The molecule has 1 aromatic carbocycles. The molecule has 0 aliphatic carbocycles. The number of nitrogen functional groups attached to an aromatic ring is 2. The zero-order valence-corrected chi connectivity index (χ0v) is 7.71. The molecule has 0 atom stereocenters. The van der Waals surface area contributed by atoms with Gasteiger partial charge in [0.2, 0.25) is 0 Å². The van der Waals surface area contributed by atoms with Gasteiger partial charge in [-0.25, -0.2) is 0 Å². The van der Waals surface area contributed by atoms with Crippen molar-refractivity contribution in [2.45, 2.75) is 0 Å². The predicted octanol–water partition coefficient (Wildman–Crippen LogP) is 1.11. The normalized spacial score (nSPS) is 9.79. The number of nitrogens with zero attached hydrogens (tertiary/aromatic N) is 1. The third kappa shape index (κ3) is 1.60. The van der Waals surface area contributed by atoms with Crippen molar-refractivity contribution in [1.82, 2.24) is 0 Å². The zero-order valence-electron chi connectivity index (χ0n) is 6.95. The van der Waals surface area contributed by atoms with Crippen LogP contribution in [0.3, 0.4) is 0 Å². The van der Waals surface area contributed by atoms with Crippen molar-refractivity contribution in [3.05, 3.63) is 32.8 Å². The highest BCUT2D eigenvalue weighted by atomic mass is 35.5. The quantitative estimate of drug-likeness (QED) is 0.225. The van der Waals surface area contributed by atoms with E-state index in [-0.39, 0.29) is 22.0 Å². The minimum Gasteiger partial charge on any atom is -0.393 e. The number of halogens is 1. The number of nitro groups is 1. The van der Waals surface area contributed by atoms with Crippen LogP contribution in [0.1, 0.15) is 5.56 Å². The zero-order chi connectivity index (χ0) is 10.9. The molecule has 7 heteroatoms. The Kier molecular flexibility index (Phi) is 2.57. The first-order valence-electron chi connectivity index (χ1n) is 3.52. The SMILES string of the molecule is N=C(N)c1c(Cl)ccc([N+](=O)[O-])c1N. The number of rotatable bonds is 2. The van der Waals surface area contributed by atoms with Crippen LogP contribution in [0.5, 0.6) is 0 Å². The van der Waals surface area contributed by atoms with Crippen molar-refractivity contribution in [1.29, 1.82) is 5.41 Å². The number of benzene rings is 1. The van der Waals surface area contributed by atoms with Gasteiger partial charge in [-0.3, -0.25) is 15.5 Å². The summed E-state index contributed by atoms with van der Waals surface area (Å²) in [5.41, 5.74) is 10.1.